The molecule has 2 heterocycles. The number of furan rings is 1. The second kappa shape index (κ2) is 8.12. The molecule has 34 heavy (non-hydrogen) atoms. The lowest BCUT2D eigenvalue weighted by atomic mass is 9.94. The zero-order valence-corrected chi connectivity index (χ0v) is 18.5. The van der Waals surface area contributed by atoms with Crippen LogP contribution in [0.1, 0.15) is 27.7 Å². The van der Waals surface area contributed by atoms with Gasteiger partial charge in [-0.05, 0) is 54.4 Å². The van der Waals surface area contributed by atoms with Gasteiger partial charge in [0.25, 0.3) is 5.91 Å². The van der Waals surface area contributed by atoms with Crippen molar-refractivity contribution in [1.29, 1.82) is 0 Å². The summed E-state index contributed by atoms with van der Waals surface area (Å²) in [7, 11) is 1.50. The number of nitrogens with zero attached hydrogens (tertiary/aromatic N) is 1. The summed E-state index contributed by atoms with van der Waals surface area (Å²) in [6.45, 7) is 1.89. The number of para-hydroxylation sites is 1. The van der Waals surface area contributed by atoms with E-state index in [-0.39, 0.29) is 17.1 Å². The van der Waals surface area contributed by atoms with E-state index in [1.807, 2.05) is 13.0 Å². The number of methoxy groups -OCH3 is 1. The summed E-state index contributed by atoms with van der Waals surface area (Å²) in [5, 5.41) is 21.3. The van der Waals surface area contributed by atoms with Gasteiger partial charge in [-0.1, -0.05) is 36.4 Å². The van der Waals surface area contributed by atoms with Crippen molar-refractivity contribution in [2.45, 2.75) is 13.0 Å². The van der Waals surface area contributed by atoms with E-state index in [9.17, 15) is 19.8 Å². The SMILES string of the molecule is COc1cccc2cc(C(=O)C3=C(O)C(=O)N(c4cccc(C)c4)C3c3ccc(O)cc3)oc12. The number of carbonyl (C=O) groups is 2. The van der Waals surface area contributed by atoms with Gasteiger partial charge in [-0.2, -0.15) is 0 Å². The third-order valence-electron chi connectivity index (χ3n) is 5.89. The molecule has 1 aliphatic heterocycles. The summed E-state index contributed by atoms with van der Waals surface area (Å²) in [6.07, 6.45) is 0. The number of rotatable bonds is 5. The summed E-state index contributed by atoms with van der Waals surface area (Å²) < 4.78 is 11.1. The first-order valence-electron chi connectivity index (χ1n) is 10.6. The number of benzene rings is 3. The smallest absolute Gasteiger partial charge is 0.294 e. The third kappa shape index (κ3) is 3.38. The summed E-state index contributed by atoms with van der Waals surface area (Å²) in [4.78, 5) is 28.3. The zero-order valence-electron chi connectivity index (χ0n) is 18.5. The predicted octanol–water partition coefficient (Wildman–Crippen LogP) is 5.24. The summed E-state index contributed by atoms with van der Waals surface area (Å²) >= 11 is 0. The fourth-order valence-electron chi connectivity index (χ4n) is 4.30. The predicted molar refractivity (Wildman–Crippen MR) is 126 cm³/mol. The van der Waals surface area contributed by atoms with Gasteiger partial charge in [-0.25, -0.2) is 0 Å². The van der Waals surface area contributed by atoms with Gasteiger partial charge in [-0.15, -0.1) is 0 Å². The Labute approximate surface area is 195 Å². The maximum atomic E-state index is 13.7. The first-order chi connectivity index (χ1) is 16.4. The summed E-state index contributed by atoms with van der Waals surface area (Å²) in [6, 6.07) is 19.3. The fraction of sp³-hybridized carbons (Fsp3) is 0.111. The lowest BCUT2D eigenvalue weighted by Crippen LogP contribution is -2.31. The molecule has 0 spiro atoms. The minimum atomic E-state index is -0.919. The first kappa shape index (κ1) is 21.3. The Kier molecular flexibility index (Phi) is 5.09. The topological polar surface area (TPSA) is 100 Å². The van der Waals surface area contributed by atoms with E-state index in [1.54, 1.807) is 54.6 Å². The van der Waals surface area contributed by atoms with E-state index >= 15 is 0 Å². The lowest BCUT2D eigenvalue weighted by molar-refractivity contribution is -0.117. The Bertz CT molecular complexity index is 1460. The van der Waals surface area contributed by atoms with Gasteiger partial charge in [0.05, 0.1) is 18.7 Å². The van der Waals surface area contributed by atoms with Gasteiger partial charge in [-0.3, -0.25) is 14.5 Å². The highest BCUT2D eigenvalue weighted by molar-refractivity contribution is 6.20. The highest BCUT2D eigenvalue weighted by Gasteiger charge is 2.45. The van der Waals surface area contributed by atoms with Crippen LogP contribution in [0, 0.1) is 6.92 Å². The molecule has 170 valence electrons. The number of carbonyl (C=O) groups excluding carboxylic acids is 2. The van der Waals surface area contributed by atoms with Crippen LogP contribution in [0.3, 0.4) is 0 Å². The number of Topliss-reactive ketones (excluding diaryl/α,β-unsaturated/α-hetero) is 1. The molecule has 1 aliphatic rings. The van der Waals surface area contributed by atoms with Crippen LogP contribution in [0.5, 0.6) is 11.5 Å². The van der Waals surface area contributed by atoms with Gasteiger partial charge >= 0.3 is 0 Å². The molecule has 0 aliphatic carbocycles. The van der Waals surface area contributed by atoms with Crippen molar-refractivity contribution in [3.8, 4) is 11.5 Å². The molecule has 0 saturated heterocycles. The molecule has 2 N–H and O–H groups in total. The molecular formula is C27H21NO6. The average molecular weight is 455 g/mol. The number of phenols is 1. The molecule has 5 rings (SSSR count). The monoisotopic (exact) mass is 455 g/mol. The number of phenolic OH excluding ortho intramolecular Hbond substituents is 1. The maximum Gasteiger partial charge on any atom is 0.294 e. The number of aromatic hydroxyl groups is 1. The van der Waals surface area contributed by atoms with Crippen molar-refractivity contribution in [1.82, 2.24) is 0 Å². The van der Waals surface area contributed by atoms with Gasteiger partial charge < -0.3 is 19.4 Å². The maximum absolute atomic E-state index is 13.7. The molecule has 0 bridgehead atoms. The summed E-state index contributed by atoms with van der Waals surface area (Å²) in [5.74, 6) is -1.46. The second-order valence-corrected chi connectivity index (χ2v) is 8.09. The standard InChI is InChI=1S/C27H21NO6/c1-15-5-3-7-18(13-15)28-23(16-9-11-19(29)12-10-16)22(25(31)27(28)32)24(30)21-14-17-6-4-8-20(33-2)26(17)34-21/h3-14,23,29,31H,1-2H3. The Hall–Kier alpha value is -4.52. The fourth-order valence-corrected chi connectivity index (χ4v) is 4.30. The van der Waals surface area contributed by atoms with E-state index in [2.05, 4.69) is 0 Å². The van der Waals surface area contributed by atoms with E-state index in [1.165, 1.54) is 24.1 Å². The highest BCUT2D eigenvalue weighted by Crippen LogP contribution is 2.43. The largest absolute Gasteiger partial charge is 0.508 e. The number of fused-ring (bicyclic) bond motifs is 1. The minimum Gasteiger partial charge on any atom is -0.508 e. The van der Waals surface area contributed by atoms with E-state index < -0.39 is 23.5 Å². The van der Waals surface area contributed by atoms with Gasteiger partial charge in [0.1, 0.15) is 5.75 Å². The molecule has 7 heteroatoms. The molecule has 1 atom stereocenters. The second-order valence-electron chi connectivity index (χ2n) is 8.09. The van der Waals surface area contributed by atoms with Crippen LogP contribution in [0.2, 0.25) is 0 Å². The van der Waals surface area contributed by atoms with Crippen LogP contribution < -0.4 is 9.64 Å². The normalized spacial score (nSPS) is 15.9. The number of amides is 1. The number of ether oxygens (including phenoxy) is 1. The Morgan fingerprint density at radius 1 is 1.00 bits per heavy atom. The van der Waals surface area contributed by atoms with Crippen molar-refractivity contribution in [2.75, 3.05) is 12.0 Å². The average Bonchev–Trinajstić information content (AvgIpc) is 3.38. The Balaban J connectivity index is 1.67. The molecule has 7 nitrogen and oxygen atoms in total. The third-order valence-corrected chi connectivity index (χ3v) is 5.89. The van der Waals surface area contributed by atoms with Crippen LogP contribution >= 0.6 is 0 Å². The van der Waals surface area contributed by atoms with Crippen LogP contribution in [-0.4, -0.2) is 29.0 Å². The number of aliphatic hydroxyl groups is 1. The van der Waals surface area contributed by atoms with Crippen molar-refractivity contribution in [3.05, 3.63) is 101 Å². The number of aryl methyl sites for hydroxylation is 1. The van der Waals surface area contributed by atoms with Crippen molar-refractivity contribution in [3.63, 3.8) is 0 Å². The molecule has 1 aromatic heterocycles. The number of hydrogen-bond acceptors (Lipinski definition) is 6. The van der Waals surface area contributed by atoms with E-state index in [0.717, 1.165) is 5.56 Å². The molecule has 4 aromatic rings. The molecule has 0 radical (unpaired) electrons. The number of hydrogen-bond donors (Lipinski definition) is 2. The molecule has 0 fully saturated rings. The Morgan fingerprint density at radius 3 is 2.44 bits per heavy atom. The van der Waals surface area contributed by atoms with E-state index in [0.29, 0.717) is 28.0 Å². The first-order valence-corrected chi connectivity index (χ1v) is 10.6. The molecular weight excluding hydrogens is 434 g/mol. The van der Waals surface area contributed by atoms with Gasteiger partial charge in [0, 0.05) is 11.1 Å². The van der Waals surface area contributed by atoms with Gasteiger partial charge in [0.2, 0.25) is 5.78 Å². The Morgan fingerprint density at radius 2 is 1.74 bits per heavy atom. The molecule has 1 unspecified atom stereocenters. The highest BCUT2D eigenvalue weighted by atomic mass is 16.5. The summed E-state index contributed by atoms with van der Waals surface area (Å²) in [5.41, 5.74) is 2.29. The molecule has 1 amide bonds. The quantitative estimate of drug-likeness (QED) is 0.399. The van der Waals surface area contributed by atoms with Gasteiger partial charge in [0.15, 0.2) is 22.9 Å². The zero-order chi connectivity index (χ0) is 24.0. The van der Waals surface area contributed by atoms with Crippen molar-refractivity contribution >= 4 is 28.3 Å². The lowest BCUT2D eigenvalue weighted by Gasteiger charge is -2.27. The number of aliphatic hydroxyl groups excluding tert-OH is 1. The van der Waals surface area contributed by atoms with Crippen LogP contribution in [0.4, 0.5) is 5.69 Å². The van der Waals surface area contributed by atoms with Crippen LogP contribution in [-0.2, 0) is 4.79 Å². The van der Waals surface area contributed by atoms with Crippen molar-refractivity contribution in [2.24, 2.45) is 0 Å². The van der Waals surface area contributed by atoms with Crippen LogP contribution in [0.25, 0.3) is 11.0 Å². The number of anilines is 1. The van der Waals surface area contributed by atoms with E-state index in [4.69, 9.17) is 9.15 Å². The minimum absolute atomic E-state index is 0.0243. The molecule has 0 saturated carbocycles. The molecule has 3 aromatic carbocycles. The number of ketones is 1. The van der Waals surface area contributed by atoms with Crippen molar-refractivity contribution < 1.29 is 29.0 Å². The van der Waals surface area contributed by atoms with Crippen LogP contribution in [0.15, 0.2) is 88.5 Å².